The van der Waals surface area contributed by atoms with Crippen molar-refractivity contribution in [2.45, 2.75) is 0 Å². The number of carbonyl (C=O) groups excluding carboxylic acids is 1. The van der Waals surface area contributed by atoms with Crippen molar-refractivity contribution in [3.63, 3.8) is 0 Å². The van der Waals surface area contributed by atoms with Crippen LogP contribution < -0.4 is 5.73 Å². The largest absolute Gasteiger partial charge is 0.364 e. The van der Waals surface area contributed by atoms with E-state index < -0.39 is 5.91 Å². The molecule has 3 nitrogen and oxygen atoms in total. The molecule has 0 saturated heterocycles. The van der Waals surface area contributed by atoms with E-state index in [9.17, 15) is 4.79 Å². The van der Waals surface area contributed by atoms with Gasteiger partial charge in [0, 0.05) is 10.9 Å². The quantitative estimate of drug-likeness (QED) is 0.642. The number of amides is 1. The number of nitrogens with one attached hydrogen (secondary N) is 1. The highest BCUT2D eigenvalue weighted by molar-refractivity contribution is 5.96. The fraction of sp³-hybridized carbons (Fsp3) is 0. The summed E-state index contributed by atoms with van der Waals surface area (Å²) in [5.41, 5.74) is 6.41. The fourth-order valence-corrected chi connectivity index (χ4v) is 1.15. The van der Waals surface area contributed by atoms with Gasteiger partial charge in [0.05, 0.1) is 0 Å². The SMILES string of the molecule is NC(=O)c1cc2cc[c]cc2[nH]1. The van der Waals surface area contributed by atoms with Crippen molar-refractivity contribution in [1.82, 2.24) is 4.98 Å². The van der Waals surface area contributed by atoms with Crippen LogP contribution in [0.2, 0.25) is 0 Å². The fourth-order valence-electron chi connectivity index (χ4n) is 1.15. The molecule has 1 amide bonds. The van der Waals surface area contributed by atoms with Gasteiger partial charge in [0.15, 0.2) is 0 Å². The van der Waals surface area contributed by atoms with Gasteiger partial charge in [-0.3, -0.25) is 4.79 Å². The molecule has 2 aromatic rings. The average Bonchev–Trinajstić information content (AvgIpc) is 2.46. The van der Waals surface area contributed by atoms with Crippen LogP contribution in [0.4, 0.5) is 0 Å². The molecule has 0 aliphatic heterocycles. The van der Waals surface area contributed by atoms with Crippen molar-refractivity contribution < 1.29 is 4.79 Å². The maximum atomic E-state index is 10.8. The maximum absolute atomic E-state index is 10.8. The normalized spacial score (nSPS) is 10.3. The molecular weight excluding hydrogens is 152 g/mol. The Balaban J connectivity index is 2.70. The van der Waals surface area contributed by atoms with Crippen LogP contribution in [0.25, 0.3) is 10.9 Å². The lowest BCUT2D eigenvalue weighted by atomic mass is 10.2. The number of H-pyrrole nitrogens is 1. The summed E-state index contributed by atoms with van der Waals surface area (Å²) in [5.74, 6) is -0.439. The third-order valence-corrected chi connectivity index (χ3v) is 1.73. The van der Waals surface area contributed by atoms with Gasteiger partial charge >= 0.3 is 0 Å². The lowest BCUT2D eigenvalue weighted by Crippen LogP contribution is -2.10. The molecule has 0 aliphatic rings. The summed E-state index contributed by atoms with van der Waals surface area (Å²) in [7, 11) is 0. The minimum atomic E-state index is -0.439. The van der Waals surface area contributed by atoms with Gasteiger partial charge in [-0.15, -0.1) is 0 Å². The zero-order chi connectivity index (χ0) is 8.55. The molecule has 2 rings (SSSR count). The third-order valence-electron chi connectivity index (χ3n) is 1.73. The number of primary amides is 1. The monoisotopic (exact) mass is 159 g/mol. The molecule has 59 valence electrons. The second kappa shape index (κ2) is 2.37. The molecule has 0 fully saturated rings. The number of benzene rings is 1. The molecule has 3 heteroatoms. The van der Waals surface area contributed by atoms with E-state index in [0.29, 0.717) is 5.69 Å². The van der Waals surface area contributed by atoms with E-state index >= 15 is 0 Å². The Hall–Kier alpha value is -1.77. The van der Waals surface area contributed by atoms with Crippen LogP contribution in [-0.4, -0.2) is 10.9 Å². The van der Waals surface area contributed by atoms with Gasteiger partial charge in [-0.05, 0) is 18.2 Å². The number of carbonyl (C=O) groups is 1. The smallest absolute Gasteiger partial charge is 0.265 e. The van der Waals surface area contributed by atoms with Crippen molar-refractivity contribution in [2.24, 2.45) is 5.73 Å². The van der Waals surface area contributed by atoms with Crippen molar-refractivity contribution in [3.05, 3.63) is 36.0 Å². The Bertz CT molecular complexity index is 398. The van der Waals surface area contributed by atoms with Crippen LogP contribution in [0.5, 0.6) is 0 Å². The number of fused-ring (bicyclic) bond motifs is 1. The molecule has 0 aliphatic carbocycles. The molecule has 1 aromatic carbocycles. The first kappa shape index (κ1) is 6.91. The van der Waals surface area contributed by atoms with Crippen LogP contribution in [0.1, 0.15) is 10.5 Å². The lowest BCUT2D eigenvalue weighted by molar-refractivity contribution is 0.0996. The van der Waals surface area contributed by atoms with E-state index in [2.05, 4.69) is 11.1 Å². The number of aromatic nitrogens is 1. The number of hydrogen-bond donors (Lipinski definition) is 2. The molecule has 12 heavy (non-hydrogen) atoms. The van der Waals surface area contributed by atoms with Crippen LogP contribution >= 0.6 is 0 Å². The van der Waals surface area contributed by atoms with Gasteiger partial charge in [0.25, 0.3) is 5.91 Å². The van der Waals surface area contributed by atoms with Crippen molar-refractivity contribution in [1.29, 1.82) is 0 Å². The number of rotatable bonds is 1. The van der Waals surface area contributed by atoms with E-state index in [1.807, 2.05) is 6.07 Å². The second-order valence-corrected chi connectivity index (χ2v) is 2.56. The van der Waals surface area contributed by atoms with Gasteiger partial charge in [-0.2, -0.15) is 0 Å². The summed E-state index contributed by atoms with van der Waals surface area (Å²) in [6, 6.07) is 10.1. The molecule has 1 heterocycles. The van der Waals surface area contributed by atoms with Crippen LogP contribution in [0.3, 0.4) is 0 Å². The first-order valence-electron chi connectivity index (χ1n) is 3.56. The number of nitrogens with two attached hydrogens (primary N) is 1. The van der Waals surface area contributed by atoms with Crippen molar-refractivity contribution in [3.8, 4) is 0 Å². The third kappa shape index (κ3) is 0.955. The lowest BCUT2D eigenvalue weighted by Gasteiger charge is -1.84. The van der Waals surface area contributed by atoms with E-state index in [1.165, 1.54) is 0 Å². The summed E-state index contributed by atoms with van der Waals surface area (Å²) in [6.07, 6.45) is 0. The van der Waals surface area contributed by atoms with Gasteiger partial charge in [0.2, 0.25) is 0 Å². The highest BCUT2D eigenvalue weighted by Gasteiger charge is 2.03. The highest BCUT2D eigenvalue weighted by atomic mass is 16.1. The zero-order valence-corrected chi connectivity index (χ0v) is 6.29. The van der Waals surface area contributed by atoms with E-state index in [1.54, 1.807) is 18.2 Å². The van der Waals surface area contributed by atoms with Crippen LogP contribution in [0, 0.1) is 6.07 Å². The van der Waals surface area contributed by atoms with E-state index in [4.69, 9.17) is 5.73 Å². The predicted octanol–water partition coefficient (Wildman–Crippen LogP) is 1.07. The molecule has 1 radical (unpaired) electrons. The Morgan fingerprint density at radius 1 is 1.58 bits per heavy atom. The van der Waals surface area contributed by atoms with Gasteiger partial charge in [-0.1, -0.05) is 12.1 Å². The molecule has 3 N–H and O–H groups in total. The molecule has 0 atom stereocenters. The minimum Gasteiger partial charge on any atom is -0.364 e. The van der Waals surface area contributed by atoms with Crippen LogP contribution in [0.15, 0.2) is 24.3 Å². The van der Waals surface area contributed by atoms with Crippen molar-refractivity contribution >= 4 is 16.8 Å². The molecule has 1 aromatic heterocycles. The molecular formula is C9H7N2O. The second-order valence-electron chi connectivity index (χ2n) is 2.56. The van der Waals surface area contributed by atoms with Crippen LogP contribution in [-0.2, 0) is 0 Å². The first-order valence-corrected chi connectivity index (χ1v) is 3.56. The topological polar surface area (TPSA) is 58.9 Å². The average molecular weight is 159 g/mol. The molecule has 0 bridgehead atoms. The number of aromatic amines is 1. The Kier molecular flexibility index (Phi) is 1.37. The maximum Gasteiger partial charge on any atom is 0.265 e. The standard InChI is InChI=1S/C9H7N2O/c10-9(12)8-5-6-3-1-2-4-7(6)11-8/h1,3-5,11H,(H2,10,12). The van der Waals surface area contributed by atoms with Crippen molar-refractivity contribution in [2.75, 3.05) is 0 Å². The Morgan fingerprint density at radius 3 is 3.08 bits per heavy atom. The summed E-state index contributed by atoms with van der Waals surface area (Å²) in [4.78, 5) is 13.6. The summed E-state index contributed by atoms with van der Waals surface area (Å²) in [5, 5.41) is 0.975. The summed E-state index contributed by atoms with van der Waals surface area (Å²) >= 11 is 0. The minimum absolute atomic E-state index is 0.435. The number of hydrogen-bond acceptors (Lipinski definition) is 1. The molecule has 0 spiro atoms. The summed E-state index contributed by atoms with van der Waals surface area (Å²) in [6.45, 7) is 0. The Morgan fingerprint density at radius 2 is 2.42 bits per heavy atom. The summed E-state index contributed by atoms with van der Waals surface area (Å²) < 4.78 is 0. The zero-order valence-electron chi connectivity index (χ0n) is 6.29. The Labute approximate surface area is 69.2 Å². The van der Waals surface area contributed by atoms with E-state index in [0.717, 1.165) is 10.9 Å². The predicted molar refractivity (Wildman–Crippen MR) is 45.7 cm³/mol. The van der Waals surface area contributed by atoms with Gasteiger partial charge in [-0.25, -0.2) is 0 Å². The van der Waals surface area contributed by atoms with Gasteiger partial charge in [0.1, 0.15) is 5.69 Å². The first-order chi connectivity index (χ1) is 5.77. The molecule has 0 unspecified atom stereocenters. The van der Waals surface area contributed by atoms with E-state index in [-0.39, 0.29) is 0 Å². The van der Waals surface area contributed by atoms with Gasteiger partial charge < -0.3 is 10.7 Å². The highest BCUT2D eigenvalue weighted by Crippen LogP contribution is 2.13. The molecule has 0 saturated carbocycles.